The quantitative estimate of drug-likeness (QED) is 0.764. The minimum atomic E-state index is -0.364. The summed E-state index contributed by atoms with van der Waals surface area (Å²) in [6.07, 6.45) is 5.11. The van der Waals surface area contributed by atoms with Crippen LogP contribution in [0.4, 0.5) is 5.82 Å². The minimum absolute atomic E-state index is 0.306. The summed E-state index contributed by atoms with van der Waals surface area (Å²) in [5.41, 5.74) is 0.786. The zero-order valence-corrected chi connectivity index (χ0v) is 11.4. The highest BCUT2D eigenvalue weighted by Gasteiger charge is 2.41. The number of hydrogen-bond acceptors (Lipinski definition) is 5. The predicted molar refractivity (Wildman–Crippen MR) is 72.2 cm³/mol. The number of aromatic nitrogens is 1. The molecule has 1 aliphatic carbocycles. The maximum atomic E-state index is 11.6. The fourth-order valence-electron chi connectivity index (χ4n) is 2.10. The molecule has 1 saturated carbocycles. The smallest absolute Gasteiger partial charge is 0.341 e. The molecule has 2 rings (SSSR count). The van der Waals surface area contributed by atoms with Gasteiger partial charge in [0.2, 0.25) is 0 Å². The van der Waals surface area contributed by atoms with Gasteiger partial charge in [0.15, 0.2) is 0 Å². The molecule has 0 amide bonds. The van der Waals surface area contributed by atoms with Gasteiger partial charge in [-0.05, 0) is 36.8 Å². The number of pyridine rings is 1. The Labute approximate surface area is 113 Å². The van der Waals surface area contributed by atoms with Crippen LogP contribution in [0.25, 0.3) is 0 Å². The third-order valence-corrected chi connectivity index (χ3v) is 3.64. The average molecular weight is 264 g/mol. The molecule has 0 spiro atoms. The predicted octanol–water partition coefficient (Wildman–Crippen LogP) is 2.10. The van der Waals surface area contributed by atoms with Crippen molar-refractivity contribution in [2.24, 2.45) is 5.41 Å². The van der Waals surface area contributed by atoms with Crippen LogP contribution in [0.2, 0.25) is 0 Å². The summed E-state index contributed by atoms with van der Waals surface area (Å²) in [6, 6.07) is 3.45. The Balaban J connectivity index is 1.98. The number of hydrogen-bond donors (Lipinski definition) is 1. The van der Waals surface area contributed by atoms with E-state index < -0.39 is 0 Å². The molecule has 5 heteroatoms. The van der Waals surface area contributed by atoms with E-state index in [1.54, 1.807) is 25.4 Å². The highest BCUT2D eigenvalue weighted by Crippen LogP contribution is 2.48. The molecule has 104 valence electrons. The van der Waals surface area contributed by atoms with Crippen molar-refractivity contribution in [1.29, 1.82) is 0 Å². The summed E-state index contributed by atoms with van der Waals surface area (Å²) in [5, 5.41) is 3.27. The summed E-state index contributed by atoms with van der Waals surface area (Å²) in [4.78, 5) is 15.8. The number of ether oxygens (including phenoxy) is 2. The van der Waals surface area contributed by atoms with Crippen LogP contribution in [0.1, 0.15) is 29.6 Å². The normalized spacial score (nSPS) is 15.9. The van der Waals surface area contributed by atoms with Gasteiger partial charge in [-0.2, -0.15) is 0 Å². The van der Waals surface area contributed by atoms with Gasteiger partial charge in [0.05, 0.1) is 7.11 Å². The number of rotatable bonds is 7. The van der Waals surface area contributed by atoms with Crippen molar-refractivity contribution in [3.05, 3.63) is 23.9 Å². The number of nitrogens with zero attached hydrogens (tertiary/aromatic N) is 1. The van der Waals surface area contributed by atoms with Gasteiger partial charge >= 0.3 is 5.97 Å². The van der Waals surface area contributed by atoms with Crippen molar-refractivity contribution in [3.63, 3.8) is 0 Å². The zero-order chi connectivity index (χ0) is 13.7. The fourth-order valence-corrected chi connectivity index (χ4v) is 2.10. The van der Waals surface area contributed by atoms with E-state index in [0.29, 0.717) is 16.8 Å². The van der Waals surface area contributed by atoms with E-state index >= 15 is 0 Å². The molecule has 0 atom stereocenters. The van der Waals surface area contributed by atoms with Gasteiger partial charge in [0.25, 0.3) is 0 Å². The largest absolute Gasteiger partial charge is 0.465 e. The molecular weight excluding hydrogens is 244 g/mol. The van der Waals surface area contributed by atoms with Gasteiger partial charge in [-0.3, -0.25) is 0 Å². The lowest BCUT2D eigenvalue weighted by atomic mass is 10.0. The summed E-state index contributed by atoms with van der Waals surface area (Å²) < 4.78 is 9.88. The first-order valence-electron chi connectivity index (χ1n) is 6.47. The minimum Gasteiger partial charge on any atom is -0.465 e. The zero-order valence-electron chi connectivity index (χ0n) is 11.4. The molecule has 1 heterocycles. The third kappa shape index (κ3) is 3.44. The third-order valence-electron chi connectivity index (χ3n) is 3.64. The monoisotopic (exact) mass is 264 g/mol. The number of carbonyl (C=O) groups is 1. The van der Waals surface area contributed by atoms with Gasteiger partial charge in [0, 0.05) is 26.5 Å². The van der Waals surface area contributed by atoms with Crippen LogP contribution in [0, 0.1) is 5.41 Å². The molecular formula is C14H20N2O3. The number of esters is 1. The van der Waals surface area contributed by atoms with Crippen LogP contribution in [-0.2, 0) is 9.47 Å². The average Bonchev–Trinajstić information content (AvgIpc) is 3.23. The molecule has 1 aromatic heterocycles. The number of carbonyl (C=O) groups excluding carboxylic acids is 1. The van der Waals surface area contributed by atoms with E-state index in [9.17, 15) is 4.79 Å². The van der Waals surface area contributed by atoms with Crippen molar-refractivity contribution >= 4 is 11.8 Å². The molecule has 1 fully saturated rings. The second-order valence-electron chi connectivity index (χ2n) is 4.99. The Kier molecular flexibility index (Phi) is 4.37. The van der Waals surface area contributed by atoms with Crippen molar-refractivity contribution in [2.75, 3.05) is 32.7 Å². The number of anilines is 1. The second-order valence-corrected chi connectivity index (χ2v) is 4.99. The van der Waals surface area contributed by atoms with E-state index in [0.717, 1.165) is 19.6 Å². The van der Waals surface area contributed by atoms with E-state index in [1.807, 2.05) is 0 Å². The standard InChI is InChI=1S/C14H20N2O3/c1-18-9-7-14(5-6-14)10-16-12-11(13(17)19-2)4-3-8-15-12/h3-4,8H,5-7,9-10H2,1-2H3,(H,15,16). The lowest BCUT2D eigenvalue weighted by Gasteiger charge is -2.17. The van der Waals surface area contributed by atoms with Gasteiger partial charge in [-0.15, -0.1) is 0 Å². The molecule has 5 nitrogen and oxygen atoms in total. The molecule has 0 unspecified atom stereocenters. The van der Waals surface area contributed by atoms with E-state index in [-0.39, 0.29) is 5.97 Å². The SMILES string of the molecule is COCCC1(CNc2ncccc2C(=O)OC)CC1. The van der Waals surface area contributed by atoms with Crippen LogP contribution in [0.3, 0.4) is 0 Å². The van der Waals surface area contributed by atoms with Crippen LogP contribution >= 0.6 is 0 Å². The molecule has 1 aromatic rings. The van der Waals surface area contributed by atoms with Gasteiger partial charge in [-0.1, -0.05) is 0 Å². The van der Waals surface area contributed by atoms with Gasteiger partial charge in [-0.25, -0.2) is 9.78 Å². The Hall–Kier alpha value is -1.62. The maximum Gasteiger partial charge on any atom is 0.341 e. The maximum absolute atomic E-state index is 11.6. The lowest BCUT2D eigenvalue weighted by Crippen LogP contribution is -2.19. The Bertz CT molecular complexity index is 444. The highest BCUT2D eigenvalue weighted by molar-refractivity contribution is 5.94. The van der Waals surface area contributed by atoms with Crippen molar-refractivity contribution in [3.8, 4) is 0 Å². The second kappa shape index (κ2) is 6.02. The van der Waals surface area contributed by atoms with Crippen LogP contribution in [0.5, 0.6) is 0 Å². The fraction of sp³-hybridized carbons (Fsp3) is 0.571. The van der Waals surface area contributed by atoms with Gasteiger partial charge < -0.3 is 14.8 Å². The lowest BCUT2D eigenvalue weighted by molar-refractivity contribution is 0.0601. The molecule has 0 aromatic carbocycles. The van der Waals surface area contributed by atoms with Crippen molar-refractivity contribution in [1.82, 2.24) is 4.98 Å². The topological polar surface area (TPSA) is 60.5 Å². The first-order chi connectivity index (χ1) is 9.21. The molecule has 0 bridgehead atoms. The van der Waals surface area contributed by atoms with E-state index in [2.05, 4.69) is 10.3 Å². The molecule has 0 aliphatic heterocycles. The van der Waals surface area contributed by atoms with Gasteiger partial charge in [0.1, 0.15) is 11.4 Å². The van der Waals surface area contributed by atoms with E-state index in [1.165, 1.54) is 20.0 Å². The molecule has 1 N–H and O–H groups in total. The van der Waals surface area contributed by atoms with Crippen LogP contribution in [-0.4, -0.2) is 38.3 Å². The summed E-state index contributed by atoms with van der Waals surface area (Å²) in [6.45, 7) is 1.59. The molecule has 1 aliphatic rings. The molecule has 0 radical (unpaired) electrons. The highest BCUT2D eigenvalue weighted by atomic mass is 16.5. The molecule has 19 heavy (non-hydrogen) atoms. The summed E-state index contributed by atoms with van der Waals surface area (Å²) >= 11 is 0. The van der Waals surface area contributed by atoms with Crippen LogP contribution in [0.15, 0.2) is 18.3 Å². The van der Waals surface area contributed by atoms with Crippen molar-refractivity contribution in [2.45, 2.75) is 19.3 Å². The number of nitrogens with one attached hydrogen (secondary N) is 1. The number of methoxy groups -OCH3 is 2. The van der Waals surface area contributed by atoms with Crippen molar-refractivity contribution < 1.29 is 14.3 Å². The first-order valence-corrected chi connectivity index (χ1v) is 6.47. The van der Waals surface area contributed by atoms with E-state index in [4.69, 9.17) is 9.47 Å². The Morgan fingerprint density at radius 2 is 2.26 bits per heavy atom. The Morgan fingerprint density at radius 1 is 1.47 bits per heavy atom. The van der Waals surface area contributed by atoms with Crippen LogP contribution < -0.4 is 5.32 Å². The summed E-state index contributed by atoms with van der Waals surface area (Å²) in [5.74, 6) is 0.232. The Morgan fingerprint density at radius 3 is 2.89 bits per heavy atom. The summed E-state index contributed by atoms with van der Waals surface area (Å²) in [7, 11) is 3.09. The molecule has 0 saturated heterocycles. The first kappa shape index (κ1) is 13.8.